The van der Waals surface area contributed by atoms with Crippen molar-refractivity contribution in [2.45, 2.75) is 37.8 Å². The maximum Gasteiger partial charge on any atom is 0.0220 e. The van der Waals surface area contributed by atoms with Crippen LogP contribution in [0.15, 0.2) is 0 Å². The van der Waals surface area contributed by atoms with E-state index < -0.39 is 0 Å². The molecule has 0 radical (unpaired) electrons. The van der Waals surface area contributed by atoms with E-state index in [9.17, 15) is 0 Å². The number of hydrogen-bond acceptors (Lipinski definition) is 3. The first-order valence-corrected chi connectivity index (χ1v) is 6.76. The predicted octanol–water partition coefficient (Wildman–Crippen LogP) is 1.01. The average molecular weight is 225 g/mol. The van der Waals surface area contributed by atoms with Crippen LogP contribution in [0.5, 0.6) is 0 Å². The summed E-state index contributed by atoms with van der Waals surface area (Å²) in [4.78, 5) is 5.03. The van der Waals surface area contributed by atoms with Gasteiger partial charge in [0.05, 0.1) is 0 Å². The quantitative estimate of drug-likeness (QED) is 0.753. The Morgan fingerprint density at radius 2 is 1.88 bits per heavy atom. The molecule has 1 aliphatic carbocycles. The summed E-state index contributed by atoms with van der Waals surface area (Å²) in [5.41, 5.74) is 0. The highest BCUT2D eigenvalue weighted by atomic mass is 15.2. The second-order valence-corrected chi connectivity index (χ2v) is 5.71. The Bertz CT molecular complexity index is 207. The number of likely N-dealkylation sites (N-methyl/N-ethyl adjacent to an activating group) is 2. The Morgan fingerprint density at radius 3 is 2.38 bits per heavy atom. The van der Waals surface area contributed by atoms with Gasteiger partial charge in [0, 0.05) is 18.6 Å². The molecule has 94 valence electrons. The topological polar surface area (TPSA) is 18.5 Å². The van der Waals surface area contributed by atoms with Crippen LogP contribution in [0, 0.1) is 5.92 Å². The van der Waals surface area contributed by atoms with Crippen molar-refractivity contribution in [3.8, 4) is 0 Å². The first-order valence-electron chi connectivity index (χ1n) is 6.76. The molecule has 0 spiro atoms. The fourth-order valence-electron chi connectivity index (χ4n) is 2.87. The Morgan fingerprint density at radius 1 is 1.25 bits per heavy atom. The Kier molecular flexibility index (Phi) is 4.22. The lowest BCUT2D eigenvalue weighted by atomic mass is 10.0. The van der Waals surface area contributed by atoms with Crippen molar-refractivity contribution < 1.29 is 0 Å². The van der Waals surface area contributed by atoms with E-state index in [1.807, 2.05) is 0 Å². The second-order valence-electron chi connectivity index (χ2n) is 5.71. The SMILES string of the molecule is CNC(CN(C)C1CCN(C)CC1)C1CC1. The van der Waals surface area contributed by atoms with E-state index in [2.05, 4.69) is 36.3 Å². The molecule has 1 saturated heterocycles. The summed E-state index contributed by atoms with van der Waals surface area (Å²) in [6, 6.07) is 1.54. The molecule has 2 fully saturated rings. The lowest BCUT2D eigenvalue weighted by molar-refractivity contribution is 0.132. The molecule has 1 unspecified atom stereocenters. The zero-order valence-corrected chi connectivity index (χ0v) is 11.1. The van der Waals surface area contributed by atoms with Gasteiger partial charge >= 0.3 is 0 Å². The first kappa shape index (κ1) is 12.3. The van der Waals surface area contributed by atoms with Crippen LogP contribution < -0.4 is 5.32 Å². The smallest absolute Gasteiger partial charge is 0.0220 e. The van der Waals surface area contributed by atoms with Gasteiger partial charge in [-0.05, 0) is 65.8 Å². The van der Waals surface area contributed by atoms with E-state index in [0.717, 1.165) is 18.0 Å². The van der Waals surface area contributed by atoms with Crippen LogP contribution in [-0.4, -0.2) is 62.7 Å². The minimum Gasteiger partial charge on any atom is -0.315 e. The van der Waals surface area contributed by atoms with Gasteiger partial charge in [-0.2, -0.15) is 0 Å². The first-order chi connectivity index (χ1) is 7.70. The standard InChI is InChI=1S/C13H27N3/c1-14-13(11-4-5-11)10-16(3)12-6-8-15(2)9-7-12/h11-14H,4-10H2,1-3H3. The minimum atomic E-state index is 0.727. The maximum absolute atomic E-state index is 3.49. The third-order valence-corrected chi connectivity index (χ3v) is 4.36. The van der Waals surface area contributed by atoms with Gasteiger partial charge in [-0.1, -0.05) is 0 Å². The van der Waals surface area contributed by atoms with Gasteiger partial charge in [-0.3, -0.25) is 0 Å². The molecule has 0 aromatic heterocycles. The van der Waals surface area contributed by atoms with Crippen molar-refractivity contribution >= 4 is 0 Å². The number of nitrogens with zero attached hydrogens (tertiary/aromatic N) is 2. The predicted molar refractivity (Wildman–Crippen MR) is 68.7 cm³/mol. The molecule has 16 heavy (non-hydrogen) atoms. The van der Waals surface area contributed by atoms with Crippen molar-refractivity contribution in [1.82, 2.24) is 15.1 Å². The van der Waals surface area contributed by atoms with E-state index in [-0.39, 0.29) is 0 Å². The maximum atomic E-state index is 3.49. The molecule has 1 saturated carbocycles. The van der Waals surface area contributed by atoms with E-state index >= 15 is 0 Å². The fourth-order valence-corrected chi connectivity index (χ4v) is 2.87. The van der Waals surface area contributed by atoms with E-state index in [4.69, 9.17) is 0 Å². The van der Waals surface area contributed by atoms with Crippen LogP contribution in [-0.2, 0) is 0 Å². The molecule has 0 aromatic rings. The summed E-state index contributed by atoms with van der Waals surface area (Å²) in [6.07, 6.45) is 5.56. The van der Waals surface area contributed by atoms with Crippen LogP contribution in [0.25, 0.3) is 0 Å². The number of nitrogens with one attached hydrogen (secondary N) is 1. The van der Waals surface area contributed by atoms with Gasteiger partial charge in [0.1, 0.15) is 0 Å². The molecular formula is C13H27N3. The second kappa shape index (κ2) is 5.48. The van der Waals surface area contributed by atoms with Gasteiger partial charge in [0.2, 0.25) is 0 Å². The van der Waals surface area contributed by atoms with Crippen molar-refractivity contribution in [2.75, 3.05) is 40.8 Å². The number of likely N-dealkylation sites (tertiary alicyclic amines) is 1. The molecule has 2 aliphatic rings. The molecule has 2 rings (SSSR count). The highest BCUT2D eigenvalue weighted by Gasteiger charge is 2.32. The molecule has 0 bridgehead atoms. The third-order valence-electron chi connectivity index (χ3n) is 4.36. The minimum absolute atomic E-state index is 0.727. The Labute approximate surface area is 100 Å². The number of rotatable bonds is 5. The van der Waals surface area contributed by atoms with Crippen molar-refractivity contribution in [2.24, 2.45) is 5.92 Å². The molecule has 0 amide bonds. The average Bonchev–Trinajstić information content (AvgIpc) is 3.10. The lowest BCUT2D eigenvalue weighted by Gasteiger charge is -2.36. The number of piperidine rings is 1. The molecule has 1 atom stereocenters. The Hall–Kier alpha value is -0.120. The Balaban J connectivity index is 1.75. The van der Waals surface area contributed by atoms with Crippen molar-refractivity contribution in [3.05, 3.63) is 0 Å². The normalized spacial score (nSPS) is 26.2. The van der Waals surface area contributed by atoms with Crippen LogP contribution in [0.1, 0.15) is 25.7 Å². The summed E-state index contributed by atoms with van der Waals surface area (Å²) in [5, 5.41) is 3.49. The van der Waals surface area contributed by atoms with E-state index in [1.54, 1.807) is 0 Å². The molecule has 1 N–H and O–H groups in total. The summed E-state index contributed by atoms with van der Waals surface area (Å²) >= 11 is 0. The zero-order chi connectivity index (χ0) is 11.5. The molecule has 0 aromatic carbocycles. The van der Waals surface area contributed by atoms with Crippen LogP contribution >= 0.6 is 0 Å². The zero-order valence-electron chi connectivity index (χ0n) is 11.1. The monoisotopic (exact) mass is 225 g/mol. The van der Waals surface area contributed by atoms with Crippen LogP contribution in [0.2, 0.25) is 0 Å². The fraction of sp³-hybridized carbons (Fsp3) is 1.00. The summed E-state index contributed by atoms with van der Waals surface area (Å²) in [6.45, 7) is 3.76. The lowest BCUT2D eigenvalue weighted by Crippen LogP contribution is -2.47. The molecule has 1 aliphatic heterocycles. The van der Waals surface area contributed by atoms with Crippen LogP contribution in [0.4, 0.5) is 0 Å². The van der Waals surface area contributed by atoms with E-state index in [0.29, 0.717) is 0 Å². The molecule has 1 heterocycles. The molecule has 3 heteroatoms. The van der Waals surface area contributed by atoms with E-state index in [1.165, 1.54) is 45.3 Å². The number of hydrogen-bond donors (Lipinski definition) is 1. The highest BCUT2D eigenvalue weighted by molar-refractivity contribution is 4.89. The summed E-state index contributed by atoms with van der Waals surface area (Å²) in [5.74, 6) is 0.957. The highest BCUT2D eigenvalue weighted by Crippen LogP contribution is 2.33. The van der Waals surface area contributed by atoms with Crippen molar-refractivity contribution in [1.29, 1.82) is 0 Å². The third kappa shape index (κ3) is 3.19. The molecular weight excluding hydrogens is 198 g/mol. The van der Waals surface area contributed by atoms with Gasteiger partial charge in [0.25, 0.3) is 0 Å². The van der Waals surface area contributed by atoms with Gasteiger partial charge in [0.15, 0.2) is 0 Å². The summed E-state index contributed by atoms with van der Waals surface area (Å²) in [7, 11) is 6.66. The van der Waals surface area contributed by atoms with Gasteiger partial charge < -0.3 is 15.1 Å². The van der Waals surface area contributed by atoms with Crippen LogP contribution in [0.3, 0.4) is 0 Å². The molecule has 3 nitrogen and oxygen atoms in total. The van der Waals surface area contributed by atoms with Gasteiger partial charge in [-0.15, -0.1) is 0 Å². The largest absolute Gasteiger partial charge is 0.315 e. The van der Waals surface area contributed by atoms with Gasteiger partial charge in [-0.25, -0.2) is 0 Å². The summed E-state index contributed by atoms with van der Waals surface area (Å²) < 4.78 is 0. The van der Waals surface area contributed by atoms with Crippen molar-refractivity contribution in [3.63, 3.8) is 0 Å².